The van der Waals surface area contributed by atoms with E-state index in [0.29, 0.717) is 12.0 Å². The molecule has 1 aromatic carbocycles. The first-order valence-corrected chi connectivity index (χ1v) is 6.82. The van der Waals surface area contributed by atoms with Gasteiger partial charge in [-0.3, -0.25) is 9.59 Å². The summed E-state index contributed by atoms with van der Waals surface area (Å²) in [6.07, 6.45) is 1.37. The number of fused-ring (bicyclic) bond motifs is 1. The molecule has 0 saturated carbocycles. The third-order valence-corrected chi connectivity index (χ3v) is 4.65. The lowest BCUT2D eigenvalue weighted by molar-refractivity contribution is -0.125. The van der Waals surface area contributed by atoms with Gasteiger partial charge in [-0.1, -0.05) is 29.8 Å². The number of rotatable bonds is 1. The third kappa shape index (κ3) is 1.85. The van der Waals surface area contributed by atoms with Gasteiger partial charge in [-0.2, -0.15) is 0 Å². The second-order valence-electron chi connectivity index (χ2n) is 6.15. The zero-order valence-corrected chi connectivity index (χ0v) is 12.7. The van der Waals surface area contributed by atoms with E-state index in [9.17, 15) is 9.59 Å². The summed E-state index contributed by atoms with van der Waals surface area (Å²) in [5.74, 6) is 0.235. The van der Waals surface area contributed by atoms with E-state index < -0.39 is 5.41 Å². The van der Waals surface area contributed by atoms with Gasteiger partial charge in [-0.15, -0.1) is 0 Å². The Labute approximate surface area is 116 Å². The zero-order chi connectivity index (χ0) is 13.7. The van der Waals surface area contributed by atoms with Crippen LogP contribution in [0.5, 0.6) is 0 Å². The van der Waals surface area contributed by atoms with Crippen LogP contribution in [0, 0.1) is 0 Å². The standard InChI is InChI=1S/C15H17BrO2/c1-14(2)7-13(18)15(3,4)11-5-9(8-17)12(16)6-10(11)14/h5-6,8H,7H2,1-4H3. The van der Waals surface area contributed by atoms with E-state index in [1.807, 2.05) is 26.0 Å². The molecule has 0 radical (unpaired) electrons. The van der Waals surface area contributed by atoms with Crippen molar-refractivity contribution in [3.05, 3.63) is 33.3 Å². The van der Waals surface area contributed by atoms with Gasteiger partial charge in [0.05, 0.1) is 0 Å². The highest BCUT2D eigenvalue weighted by atomic mass is 79.9. The number of hydrogen-bond acceptors (Lipinski definition) is 2. The van der Waals surface area contributed by atoms with Crippen molar-refractivity contribution < 1.29 is 9.59 Å². The van der Waals surface area contributed by atoms with Gasteiger partial charge in [0, 0.05) is 21.9 Å². The van der Waals surface area contributed by atoms with Crippen LogP contribution in [0.2, 0.25) is 0 Å². The molecule has 0 amide bonds. The Hall–Kier alpha value is -0.960. The third-order valence-electron chi connectivity index (χ3n) is 3.97. The van der Waals surface area contributed by atoms with Gasteiger partial charge in [0.15, 0.2) is 6.29 Å². The molecule has 0 aromatic heterocycles. The van der Waals surface area contributed by atoms with Crippen molar-refractivity contribution in [3.63, 3.8) is 0 Å². The van der Waals surface area contributed by atoms with Crippen LogP contribution in [-0.4, -0.2) is 12.1 Å². The monoisotopic (exact) mass is 308 g/mol. The van der Waals surface area contributed by atoms with E-state index in [4.69, 9.17) is 0 Å². The number of Topliss-reactive ketones (excluding diaryl/α,β-unsaturated/α-hetero) is 1. The van der Waals surface area contributed by atoms with Gasteiger partial charge in [-0.05, 0) is 42.5 Å². The fraction of sp³-hybridized carbons (Fsp3) is 0.467. The maximum Gasteiger partial charge on any atom is 0.151 e. The van der Waals surface area contributed by atoms with E-state index in [1.54, 1.807) is 0 Å². The van der Waals surface area contributed by atoms with Crippen LogP contribution in [-0.2, 0) is 15.6 Å². The summed E-state index contributed by atoms with van der Waals surface area (Å²) in [6, 6.07) is 3.85. The Balaban J connectivity index is 2.79. The highest BCUT2D eigenvalue weighted by Crippen LogP contribution is 2.45. The molecule has 2 nitrogen and oxygen atoms in total. The predicted octanol–water partition coefficient (Wildman–Crippen LogP) is 3.79. The summed E-state index contributed by atoms with van der Waals surface area (Å²) in [5, 5.41) is 0. The number of carbonyl (C=O) groups excluding carboxylic acids is 2. The van der Waals surface area contributed by atoms with Crippen LogP contribution in [0.25, 0.3) is 0 Å². The highest BCUT2D eigenvalue weighted by molar-refractivity contribution is 9.10. The average molecular weight is 309 g/mol. The summed E-state index contributed by atoms with van der Waals surface area (Å²) >= 11 is 3.42. The Morgan fingerprint density at radius 1 is 1.17 bits per heavy atom. The molecular formula is C15H17BrO2. The van der Waals surface area contributed by atoms with E-state index >= 15 is 0 Å². The summed E-state index contributed by atoms with van der Waals surface area (Å²) in [7, 11) is 0. The molecule has 1 aromatic rings. The lowest BCUT2D eigenvalue weighted by Crippen LogP contribution is -2.42. The molecule has 3 heteroatoms. The Morgan fingerprint density at radius 3 is 2.33 bits per heavy atom. The highest BCUT2D eigenvalue weighted by Gasteiger charge is 2.43. The second kappa shape index (κ2) is 4.02. The molecule has 96 valence electrons. The quantitative estimate of drug-likeness (QED) is 0.740. The topological polar surface area (TPSA) is 34.1 Å². The number of aldehydes is 1. The van der Waals surface area contributed by atoms with Gasteiger partial charge >= 0.3 is 0 Å². The van der Waals surface area contributed by atoms with Crippen molar-refractivity contribution >= 4 is 28.0 Å². The molecule has 0 atom stereocenters. The molecule has 0 saturated heterocycles. The maximum atomic E-state index is 12.3. The molecule has 0 heterocycles. The molecule has 0 aliphatic heterocycles. The molecule has 0 spiro atoms. The lowest BCUT2D eigenvalue weighted by atomic mass is 9.62. The van der Waals surface area contributed by atoms with Crippen molar-refractivity contribution in [1.29, 1.82) is 0 Å². The molecule has 0 bridgehead atoms. The van der Waals surface area contributed by atoms with Crippen LogP contribution in [0.4, 0.5) is 0 Å². The van der Waals surface area contributed by atoms with Crippen LogP contribution in [0.1, 0.15) is 55.6 Å². The maximum absolute atomic E-state index is 12.3. The Kier molecular flexibility index (Phi) is 3.01. The minimum Gasteiger partial charge on any atom is -0.299 e. The van der Waals surface area contributed by atoms with E-state index in [0.717, 1.165) is 21.9 Å². The van der Waals surface area contributed by atoms with Crippen molar-refractivity contribution in [1.82, 2.24) is 0 Å². The van der Waals surface area contributed by atoms with Crippen LogP contribution in [0.15, 0.2) is 16.6 Å². The van der Waals surface area contributed by atoms with Gasteiger partial charge in [0.1, 0.15) is 5.78 Å². The predicted molar refractivity (Wildman–Crippen MR) is 75.2 cm³/mol. The summed E-state index contributed by atoms with van der Waals surface area (Å²) in [6.45, 7) is 8.02. The van der Waals surface area contributed by atoms with Crippen molar-refractivity contribution in [2.24, 2.45) is 0 Å². The molecular weight excluding hydrogens is 292 g/mol. The smallest absolute Gasteiger partial charge is 0.151 e. The number of halogens is 1. The molecule has 0 fully saturated rings. The van der Waals surface area contributed by atoms with Gasteiger partial charge in [0.2, 0.25) is 0 Å². The largest absolute Gasteiger partial charge is 0.299 e. The SMILES string of the molecule is CC1(C)CC(=O)C(C)(C)c2cc(C=O)c(Br)cc21. The first-order chi connectivity index (χ1) is 8.20. The van der Waals surface area contributed by atoms with E-state index in [1.165, 1.54) is 0 Å². The normalized spacial score (nSPS) is 20.4. The lowest BCUT2D eigenvalue weighted by Gasteiger charge is -2.40. The molecule has 0 N–H and O–H groups in total. The summed E-state index contributed by atoms with van der Waals surface area (Å²) < 4.78 is 0.800. The van der Waals surface area contributed by atoms with Gasteiger partial charge in [-0.25, -0.2) is 0 Å². The molecule has 2 rings (SSSR count). The van der Waals surface area contributed by atoms with Crippen molar-refractivity contribution in [2.45, 2.75) is 44.9 Å². The molecule has 18 heavy (non-hydrogen) atoms. The van der Waals surface area contributed by atoms with Crippen LogP contribution in [0.3, 0.4) is 0 Å². The number of hydrogen-bond donors (Lipinski definition) is 0. The second-order valence-corrected chi connectivity index (χ2v) is 7.00. The fourth-order valence-electron chi connectivity index (χ4n) is 2.63. The minimum absolute atomic E-state index is 0.175. The minimum atomic E-state index is -0.511. The van der Waals surface area contributed by atoms with Gasteiger partial charge < -0.3 is 0 Å². The van der Waals surface area contributed by atoms with Gasteiger partial charge in [0.25, 0.3) is 0 Å². The Morgan fingerprint density at radius 2 is 1.78 bits per heavy atom. The molecule has 0 unspecified atom stereocenters. The molecule has 1 aliphatic carbocycles. The zero-order valence-electron chi connectivity index (χ0n) is 11.1. The van der Waals surface area contributed by atoms with Crippen LogP contribution < -0.4 is 0 Å². The number of ketones is 1. The first kappa shape index (κ1) is 13.5. The number of benzene rings is 1. The Bertz CT molecular complexity index is 542. The molecule has 1 aliphatic rings. The average Bonchev–Trinajstić information content (AvgIpc) is 2.26. The summed E-state index contributed by atoms with van der Waals surface area (Å²) in [5.41, 5.74) is 2.06. The van der Waals surface area contributed by atoms with Crippen molar-refractivity contribution in [2.75, 3.05) is 0 Å². The van der Waals surface area contributed by atoms with E-state index in [-0.39, 0.29) is 11.2 Å². The summed E-state index contributed by atoms with van der Waals surface area (Å²) in [4.78, 5) is 23.3. The van der Waals surface area contributed by atoms with Crippen LogP contribution >= 0.6 is 15.9 Å². The van der Waals surface area contributed by atoms with E-state index in [2.05, 4.69) is 29.8 Å². The first-order valence-electron chi connectivity index (χ1n) is 6.03. The number of carbonyl (C=O) groups is 2. The fourth-order valence-corrected chi connectivity index (χ4v) is 3.06. The van der Waals surface area contributed by atoms with Crippen molar-refractivity contribution in [3.8, 4) is 0 Å².